The van der Waals surface area contributed by atoms with Gasteiger partial charge in [0.15, 0.2) is 5.78 Å². The molecule has 0 fully saturated rings. The molecule has 0 N–H and O–H groups in total. The van der Waals surface area contributed by atoms with Gasteiger partial charge in [0.1, 0.15) is 0 Å². The normalized spacial score (nSPS) is 17.7. The molecule has 1 aromatic rings. The highest BCUT2D eigenvalue weighted by Gasteiger charge is 2.15. The zero-order valence-corrected chi connectivity index (χ0v) is 11.7. The second-order valence-electron chi connectivity index (χ2n) is 3.63. The fourth-order valence-electron chi connectivity index (χ4n) is 1.34. The van der Waals surface area contributed by atoms with Gasteiger partial charge in [0.05, 0.1) is 15.6 Å². The van der Waals surface area contributed by atoms with Crippen molar-refractivity contribution in [1.29, 1.82) is 0 Å². The van der Waals surface area contributed by atoms with Crippen LogP contribution >= 0.6 is 23.2 Å². The Bertz CT molecular complexity index is 716. The third kappa shape index (κ3) is 3.32. The predicted octanol–water partition coefficient (Wildman–Crippen LogP) is 2.73. The summed E-state index contributed by atoms with van der Waals surface area (Å²) in [6, 6.07) is 5.62. The minimum atomic E-state index is -3.85. The number of ketones is 1. The maximum atomic E-state index is 12.0. The molecule has 7 heteroatoms. The van der Waals surface area contributed by atoms with E-state index in [9.17, 15) is 13.2 Å². The Kier molecular flexibility index (Phi) is 3.89. The molecule has 0 bridgehead atoms. The van der Waals surface area contributed by atoms with Crippen LogP contribution in [0.15, 0.2) is 56.8 Å². The summed E-state index contributed by atoms with van der Waals surface area (Å²) in [6.45, 7) is 0. The topological polar surface area (TPSA) is 63.6 Å². The molecule has 0 aromatic heterocycles. The molecule has 0 amide bonds. The molecule has 0 heterocycles. The fraction of sp³-hybridized carbons (Fsp3) is 0. The smallest absolute Gasteiger partial charge is 0.282 e. The summed E-state index contributed by atoms with van der Waals surface area (Å²) in [5, 5.41) is 0.352. The molecule has 0 saturated heterocycles. The Morgan fingerprint density at radius 2 is 1.63 bits per heavy atom. The van der Waals surface area contributed by atoms with Gasteiger partial charge in [-0.2, -0.15) is 12.8 Å². The van der Waals surface area contributed by atoms with E-state index in [1.54, 1.807) is 0 Å². The molecule has 2 rings (SSSR count). The molecule has 1 aliphatic carbocycles. The monoisotopic (exact) mass is 315 g/mol. The lowest BCUT2D eigenvalue weighted by Gasteiger charge is -2.03. The van der Waals surface area contributed by atoms with E-state index in [0.717, 1.165) is 0 Å². The molecule has 0 radical (unpaired) electrons. The second kappa shape index (κ2) is 5.28. The van der Waals surface area contributed by atoms with Gasteiger partial charge in [0, 0.05) is 5.02 Å². The summed E-state index contributed by atoms with van der Waals surface area (Å²) < 4.78 is 27.6. The Hall–Kier alpha value is -1.43. The van der Waals surface area contributed by atoms with Gasteiger partial charge in [0.25, 0.3) is 10.0 Å². The van der Waals surface area contributed by atoms with Crippen LogP contribution in [0.1, 0.15) is 0 Å². The first kappa shape index (κ1) is 14.0. The SMILES string of the molecule is O=C1C=C/C(=N/S(=O)(=O)c2ccc(Cl)cc2)C=C1Cl. The second-order valence-corrected chi connectivity index (χ2v) is 6.08. The van der Waals surface area contributed by atoms with E-state index in [1.807, 2.05) is 0 Å². The first-order valence-corrected chi connectivity index (χ1v) is 7.28. The van der Waals surface area contributed by atoms with Crippen LogP contribution in [0.4, 0.5) is 0 Å². The van der Waals surface area contributed by atoms with Gasteiger partial charge >= 0.3 is 0 Å². The first-order chi connectivity index (χ1) is 8.88. The highest BCUT2D eigenvalue weighted by atomic mass is 35.5. The number of halogens is 2. The molecule has 98 valence electrons. The lowest BCUT2D eigenvalue weighted by atomic mass is 10.2. The Labute approximate surface area is 120 Å². The van der Waals surface area contributed by atoms with Crippen LogP contribution in [0.25, 0.3) is 0 Å². The molecule has 0 saturated carbocycles. The third-order valence-electron chi connectivity index (χ3n) is 2.25. The van der Waals surface area contributed by atoms with Crippen molar-refractivity contribution in [3.8, 4) is 0 Å². The number of carbonyl (C=O) groups is 1. The lowest BCUT2D eigenvalue weighted by Crippen LogP contribution is -2.07. The molecule has 4 nitrogen and oxygen atoms in total. The molecule has 0 spiro atoms. The van der Waals surface area contributed by atoms with Gasteiger partial charge in [-0.05, 0) is 42.5 Å². The van der Waals surface area contributed by atoms with Gasteiger partial charge in [-0.3, -0.25) is 4.79 Å². The molecule has 0 aliphatic heterocycles. The van der Waals surface area contributed by atoms with Crippen LogP contribution in [0, 0.1) is 0 Å². The van der Waals surface area contributed by atoms with Gasteiger partial charge in [-0.1, -0.05) is 23.2 Å². The minimum Gasteiger partial charge on any atom is -0.288 e. The Morgan fingerprint density at radius 1 is 1.00 bits per heavy atom. The van der Waals surface area contributed by atoms with Crippen molar-refractivity contribution in [3.63, 3.8) is 0 Å². The van der Waals surface area contributed by atoms with E-state index in [0.29, 0.717) is 5.02 Å². The highest BCUT2D eigenvalue weighted by Crippen LogP contribution is 2.18. The molecule has 0 unspecified atom stereocenters. The summed E-state index contributed by atoms with van der Waals surface area (Å²) in [5.74, 6) is -0.385. The molecule has 19 heavy (non-hydrogen) atoms. The highest BCUT2D eigenvalue weighted by molar-refractivity contribution is 7.90. The Morgan fingerprint density at radius 3 is 2.21 bits per heavy atom. The number of hydrogen-bond donors (Lipinski definition) is 0. The number of allylic oxidation sites excluding steroid dienone is 4. The summed E-state index contributed by atoms with van der Waals surface area (Å²) >= 11 is 11.3. The average Bonchev–Trinajstić information content (AvgIpc) is 2.34. The number of nitrogens with zero attached hydrogens (tertiary/aromatic N) is 1. The maximum Gasteiger partial charge on any atom is 0.282 e. The van der Waals surface area contributed by atoms with Crippen molar-refractivity contribution in [1.82, 2.24) is 0 Å². The number of benzene rings is 1. The quantitative estimate of drug-likeness (QED) is 0.788. The van der Waals surface area contributed by atoms with Gasteiger partial charge in [-0.25, -0.2) is 0 Å². The van der Waals surface area contributed by atoms with Crippen molar-refractivity contribution in [2.24, 2.45) is 4.40 Å². The predicted molar refractivity (Wildman–Crippen MR) is 74.2 cm³/mol. The lowest BCUT2D eigenvalue weighted by molar-refractivity contribution is -0.110. The standard InChI is InChI=1S/C12H7Cl2NO3S/c13-8-1-4-10(5-2-8)19(17,18)15-9-3-6-12(16)11(14)7-9/h1-7H/b15-9-. The van der Waals surface area contributed by atoms with Crippen molar-refractivity contribution < 1.29 is 13.2 Å². The van der Waals surface area contributed by atoms with Crippen LogP contribution in [0.3, 0.4) is 0 Å². The zero-order chi connectivity index (χ0) is 14.0. The van der Waals surface area contributed by atoms with Crippen molar-refractivity contribution in [3.05, 3.63) is 52.5 Å². The van der Waals surface area contributed by atoms with Crippen molar-refractivity contribution in [2.75, 3.05) is 0 Å². The van der Waals surface area contributed by atoms with Crippen LogP contribution < -0.4 is 0 Å². The van der Waals surface area contributed by atoms with E-state index in [-0.39, 0.29) is 21.4 Å². The number of sulfonamides is 1. The van der Waals surface area contributed by atoms with E-state index in [2.05, 4.69) is 4.40 Å². The third-order valence-corrected chi connectivity index (χ3v) is 4.12. The molecule has 1 aromatic carbocycles. The van der Waals surface area contributed by atoms with E-state index in [1.165, 1.54) is 42.5 Å². The van der Waals surface area contributed by atoms with Crippen LogP contribution in [0.5, 0.6) is 0 Å². The summed E-state index contributed by atoms with van der Waals surface area (Å²) in [5.41, 5.74) is 0.0968. The van der Waals surface area contributed by atoms with Crippen LogP contribution in [-0.4, -0.2) is 19.9 Å². The largest absolute Gasteiger partial charge is 0.288 e. The number of rotatable bonds is 2. The van der Waals surface area contributed by atoms with E-state index < -0.39 is 10.0 Å². The minimum absolute atomic E-state index is 0.0132. The summed E-state index contributed by atoms with van der Waals surface area (Å²) in [7, 11) is -3.85. The number of carbonyl (C=O) groups excluding carboxylic acids is 1. The van der Waals surface area contributed by atoms with Crippen LogP contribution in [-0.2, 0) is 14.8 Å². The molecular weight excluding hydrogens is 309 g/mol. The van der Waals surface area contributed by atoms with E-state index in [4.69, 9.17) is 23.2 Å². The maximum absolute atomic E-state index is 12.0. The first-order valence-electron chi connectivity index (χ1n) is 5.09. The van der Waals surface area contributed by atoms with Crippen molar-refractivity contribution >= 4 is 44.7 Å². The summed E-state index contributed by atoms with van der Waals surface area (Å²) in [6.07, 6.45) is 3.66. The molecule has 0 atom stereocenters. The zero-order valence-electron chi connectivity index (χ0n) is 9.38. The van der Waals surface area contributed by atoms with E-state index >= 15 is 0 Å². The van der Waals surface area contributed by atoms with Gasteiger partial charge in [0.2, 0.25) is 0 Å². The van der Waals surface area contributed by atoms with Crippen LogP contribution in [0.2, 0.25) is 5.02 Å². The number of hydrogen-bond acceptors (Lipinski definition) is 3. The Balaban J connectivity index is 2.40. The van der Waals surface area contributed by atoms with Gasteiger partial charge < -0.3 is 0 Å². The molecule has 1 aliphatic rings. The van der Waals surface area contributed by atoms with Gasteiger partial charge in [-0.15, -0.1) is 0 Å². The van der Waals surface area contributed by atoms with Crippen molar-refractivity contribution in [2.45, 2.75) is 4.90 Å². The fourth-order valence-corrected chi connectivity index (χ4v) is 2.62. The average molecular weight is 316 g/mol. The molecular formula is C12H7Cl2NO3S. The summed E-state index contributed by atoms with van der Waals surface area (Å²) in [4.78, 5) is 11.1.